The molecule has 1 aliphatic rings. The number of benzene rings is 3. The Kier molecular flexibility index (Phi) is 3.65. The van der Waals surface area contributed by atoms with Crippen molar-refractivity contribution in [2.45, 2.75) is 6.42 Å². The number of nitro benzene ring substituents is 1. The highest BCUT2D eigenvalue weighted by Crippen LogP contribution is 2.37. The molecule has 0 atom stereocenters. The summed E-state index contributed by atoms with van der Waals surface area (Å²) < 4.78 is 0. The quantitative estimate of drug-likeness (QED) is 0.333. The van der Waals surface area contributed by atoms with Crippen LogP contribution in [0, 0.1) is 10.1 Å². The first-order valence-electron chi connectivity index (χ1n) is 8.09. The maximum Gasteiger partial charge on any atom is 0.292 e. The number of amides is 1. The molecule has 0 saturated heterocycles. The van der Waals surface area contributed by atoms with E-state index < -0.39 is 10.8 Å². The van der Waals surface area contributed by atoms with Gasteiger partial charge >= 0.3 is 0 Å². The van der Waals surface area contributed by atoms with Gasteiger partial charge in [-0.3, -0.25) is 14.9 Å². The molecule has 3 aromatic carbocycles. The number of hydrogen-bond acceptors (Lipinski definition) is 4. The van der Waals surface area contributed by atoms with Crippen LogP contribution in [-0.2, 0) is 6.42 Å². The fraction of sp³-hybridized carbons (Fsp3) is 0.0500. The lowest BCUT2D eigenvalue weighted by atomic mass is 10.1. The normalized spacial score (nSPS) is 11.5. The number of rotatable bonds is 3. The van der Waals surface area contributed by atoms with Gasteiger partial charge in [0.25, 0.3) is 11.6 Å². The molecule has 0 bridgehead atoms. The lowest BCUT2D eigenvalue weighted by Crippen LogP contribution is -2.12. The Labute approximate surface area is 149 Å². The lowest BCUT2D eigenvalue weighted by molar-refractivity contribution is -0.383. The second-order valence-electron chi connectivity index (χ2n) is 6.19. The Balaban J connectivity index is 1.59. The van der Waals surface area contributed by atoms with E-state index in [2.05, 4.69) is 17.4 Å². The number of nitrogens with zero attached hydrogens (tertiary/aromatic N) is 1. The predicted molar refractivity (Wildman–Crippen MR) is 100 cm³/mol. The summed E-state index contributed by atoms with van der Waals surface area (Å²) in [5.41, 5.74) is 11.0. The van der Waals surface area contributed by atoms with Crippen LogP contribution in [0.5, 0.6) is 0 Å². The maximum absolute atomic E-state index is 12.4. The third-order valence-corrected chi connectivity index (χ3v) is 4.54. The van der Waals surface area contributed by atoms with Gasteiger partial charge in [-0.15, -0.1) is 0 Å². The largest absolute Gasteiger partial charge is 0.393 e. The molecule has 1 aliphatic carbocycles. The van der Waals surface area contributed by atoms with Gasteiger partial charge < -0.3 is 11.1 Å². The molecule has 1 amide bonds. The van der Waals surface area contributed by atoms with Crippen molar-refractivity contribution in [2.24, 2.45) is 0 Å². The number of nitrogen functional groups attached to an aromatic ring is 1. The smallest absolute Gasteiger partial charge is 0.292 e. The fourth-order valence-electron chi connectivity index (χ4n) is 3.27. The van der Waals surface area contributed by atoms with Gasteiger partial charge in [-0.25, -0.2) is 0 Å². The van der Waals surface area contributed by atoms with E-state index in [0.717, 1.165) is 12.0 Å². The van der Waals surface area contributed by atoms with Crippen LogP contribution in [0.4, 0.5) is 17.1 Å². The molecule has 0 heterocycles. The average molecular weight is 345 g/mol. The topological polar surface area (TPSA) is 98.3 Å². The molecule has 128 valence electrons. The van der Waals surface area contributed by atoms with Crippen LogP contribution in [0.1, 0.15) is 21.5 Å². The van der Waals surface area contributed by atoms with E-state index >= 15 is 0 Å². The fourth-order valence-corrected chi connectivity index (χ4v) is 3.27. The van der Waals surface area contributed by atoms with E-state index in [0.29, 0.717) is 5.69 Å². The zero-order valence-corrected chi connectivity index (χ0v) is 13.7. The van der Waals surface area contributed by atoms with E-state index in [1.54, 1.807) is 0 Å². The number of nitro groups is 1. The summed E-state index contributed by atoms with van der Waals surface area (Å²) in [6, 6.07) is 18.0. The molecular formula is C20H15N3O3. The lowest BCUT2D eigenvalue weighted by Gasteiger charge is -2.08. The number of carbonyl (C=O) groups is 1. The maximum atomic E-state index is 12.4. The van der Waals surface area contributed by atoms with Gasteiger partial charge in [0.1, 0.15) is 5.69 Å². The van der Waals surface area contributed by atoms with Gasteiger partial charge in [-0.1, -0.05) is 30.3 Å². The summed E-state index contributed by atoms with van der Waals surface area (Å²) in [5.74, 6) is -0.413. The monoisotopic (exact) mass is 345 g/mol. The zero-order chi connectivity index (χ0) is 18.3. The Morgan fingerprint density at radius 3 is 2.58 bits per heavy atom. The molecule has 0 aromatic heterocycles. The van der Waals surface area contributed by atoms with Gasteiger partial charge in [0.2, 0.25) is 0 Å². The molecule has 3 N–H and O–H groups in total. The summed E-state index contributed by atoms with van der Waals surface area (Å²) in [5, 5.41) is 13.8. The first-order chi connectivity index (χ1) is 12.5. The third kappa shape index (κ3) is 2.67. The van der Waals surface area contributed by atoms with Crippen LogP contribution >= 0.6 is 0 Å². The minimum Gasteiger partial charge on any atom is -0.393 e. The van der Waals surface area contributed by atoms with Crippen LogP contribution < -0.4 is 11.1 Å². The first-order valence-corrected chi connectivity index (χ1v) is 8.09. The highest BCUT2D eigenvalue weighted by molar-refractivity contribution is 6.05. The van der Waals surface area contributed by atoms with Crippen molar-refractivity contribution in [1.29, 1.82) is 0 Å². The molecule has 3 aromatic rings. The van der Waals surface area contributed by atoms with Crippen molar-refractivity contribution < 1.29 is 9.72 Å². The first kappa shape index (κ1) is 15.8. The number of hydrogen-bond donors (Lipinski definition) is 2. The van der Waals surface area contributed by atoms with Crippen LogP contribution in [0.25, 0.3) is 11.1 Å². The molecule has 0 aliphatic heterocycles. The summed E-state index contributed by atoms with van der Waals surface area (Å²) >= 11 is 0. The molecule has 4 rings (SSSR count). The average Bonchev–Trinajstić information content (AvgIpc) is 2.99. The Hall–Kier alpha value is -3.67. The minimum atomic E-state index is -0.598. The van der Waals surface area contributed by atoms with Crippen molar-refractivity contribution in [3.8, 4) is 11.1 Å². The van der Waals surface area contributed by atoms with Crippen molar-refractivity contribution in [3.05, 3.63) is 87.5 Å². The second kappa shape index (κ2) is 6.00. The van der Waals surface area contributed by atoms with Crippen LogP contribution in [-0.4, -0.2) is 10.8 Å². The number of carbonyl (C=O) groups excluding carboxylic acids is 1. The van der Waals surface area contributed by atoms with Gasteiger partial charge in [-0.2, -0.15) is 0 Å². The van der Waals surface area contributed by atoms with Gasteiger partial charge in [0.05, 0.1) is 4.92 Å². The minimum absolute atomic E-state index is 0.0295. The highest BCUT2D eigenvalue weighted by atomic mass is 16.6. The van der Waals surface area contributed by atoms with Crippen molar-refractivity contribution in [2.75, 3.05) is 11.1 Å². The Morgan fingerprint density at radius 1 is 1.00 bits per heavy atom. The van der Waals surface area contributed by atoms with E-state index in [4.69, 9.17) is 5.73 Å². The van der Waals surface area contributed by atoms with Crippen LogP contribution in [0.2, 0.25) is 0 Å². The molecule has 6 heteroatoms. The van der Waals surface area contributed by atoms with Crippen molar-refractivity contribution in [1.82, 2.24) is 0 Å². The highest BCUT2D eigenvalue weighted by Gasteiger charge is 2.19. The summed E-state index contributed by atoms with van der Waals surface area (Å²) in [6.45, 7) is 0. The molecule has 26 heavy (non-hydrogen) atoms. The van der Waals surface area contributed by atoms with Crippen LogP contribution in [0.15, 0.2) is 60.7 Å². The van der Waals surface area contributed by atoms with Gasteiger partial charge in [-0.05, 0) is 52.9 Å². The molecular weight excluding hydrogens is 330 g/mol. The molecule has 0 saturated carbocycles. The molecule has 0 spiro atoms. The van der Waals surface area contributed by atoms with Crippen LogP contribution in [0.3, 0.4) is 0 Å². The molecule has 6 nitrogen and oxygen atoms in total. The number of nitrogens with one attached hydrogen (secondary N) is 1. The van der Waals surface area contributed by atoms with Gasteiger partial charge in [0, 0.05) is 17.3 Å². The predicted octanol–water partition coefficient (Wildman–Crippen LogP) is 4.00. The molecule has 0 fully saturated rings. The van der Waals surface area contributed by atoms with E-state index in [1.165, 1.54) is 34.9 Å². The number of anilines is 2. The summed E-state index contributed by atoms with van der Waals surface area (Å²) in [4.78, 5) is 22.8. The molecule has 0 radical (unpaired) electrons. The Morgan fingerprint density at radius 2 is 1.77 bits per heavy atom. The molecule has 0 unspecified atom stereocenters. The van der Waals surface area contributed by atoms with E-state index in [1.807, 2.05) is 30.3 Å². The Bertz CT molecular complexity index is 1060. The van der Waals surface area contributed by atoms with E-state index in [9.17, 15) is 14.9 Å². The van der Waals surface area contributed by atoms with Crippen molar-refractivity contribution >= 4 is 23.0 Å². The second-order valence-corrected chi connectivity index (χ2v) is 6.19. The SMILES string of the molecule is Nc1ccc(C(=O)Nc2ccc3c(c2)Cc2ccccc2-3)cc1[N+](=O)[O-]. The number of fused-ring (bicyclic) bond motifs is 3. The number of nitrogens with two attached hydrogens (primary N) is 1. The standard InChI is InChI=1S/C20H15N3O3/c21-18-8-5-13(11-19(18)23(25)26)20(24)22-15-6-7-17-14(10-15)9-12-3-1-2-4-16(12)17/h1-8,10-11H,9,21H2,(H,22,24). The third-order valence-electron chi connectivity index (χ3n) is 4.54. The van der Waals surface area contributed by atoms with Gasteiger partial charge in [0.15, 0.2) is 0 Å². The summed E-state index contributed by atoms with van der Waals surface area (Å²) in [7, 11) is 0. The van der Waals surface area contributed by atoms with Crippen molar-refractivity contribution in [3.63, 3.8) is 0 Å². The zero-order valence-electron chi connectivity index (χ0n) is 13.7. The van der Waals surface area contributed by atoms with E-state index in [-0.39, 0.29) is 16.9 Å². The summed E-state index contributed by atoms with van der Waals surface area (Å²) in [6.07, 6.45) is 0.822.